The first-order valence-corrected chi connectivity index (χ1v) is 5.50. The molecule has 0 aliphatic carbocycles. The molecule has 1 aromatic carbocycles. The summed E-state index contributed by atoms with van der Waals surface area (Å²) in [6.45, 7) is 0.231. The van der Waals surface area contributed by atoms with Crippen molar-refractivity contribution in [3.8, 4) is 5.75 Å². The van der Waals surface area contributed by atoms with E-state index in [0.717, 1.165) is 12.1 Å². The minimum absolute atomic E-state index is 0.0661. The van der Waals surface area contributed by atoms with Gasteiger partial charge < -0.3 is 9.84 Å². The lowest BCUT2D eigenvalue weighted by Gasteiger charge is -2.13. The number of nitro groups is 1. The molecule has 0 saturated heterocycles. The molecule has 0 heterocycles. The smallest absolute Gasteiger partial charge is 0.491 e. The molecule has 112 valence electrons. The molecule has 0 aliphatic heterocycles. The summed E-state index contributed by atoms with van der Waals surface area (Å²) in [5, 5.41) is 20.1. The number of hydrogen-bond donors (Lipinski definition) is 1. The first kappa shape index (κ1) is 16.2. The number of benzene rings is 1. The first-order valence-electron chi connectivity index (χ1n) is 5.50. The lowest BCUT2D eigenvalue weighted by atomic mass is 10.1. The minimum Gasteiger partial charge on any atom is -0.491 e. The van der Waals surface area contributed by atoms with E-state index in [9.17, 15) is 28.4 Å². The van der Waals surface area contributed by atoms with Crippen molar-refractivity contribution in [3.05, 3.63) is 33.9 Å². The maximum absolute atomic E-state index is 11.7. The Balaban J connectivity index is 2.72. The zero-order valence-electron chi connectivity index (χ0n) is 10.4. The lowest BCUT2D eigenvalue weighted by molar-refractivity contribution is -0.385. The second-order valence-electron chi connectivity index (χ2n) is 3.80. The van der Waals surface area contributed by atoms with E-state index in [4.69, 9.17) is 4.74 Å². The third-order valence-electron chi connectivity index (χ3n) is 2.26. The van der Waals surface area contributed by atoms with Crippen molar-refractivity contribution in [2.24, 2.45) is 0 Å². The summed E-state index contributed by atoms with van der Waals surface area (Å²) >= 11 is 0. The number of aliphatic hydroxyl groups excluding tert-OH is 1. The molecule has 1 aromatic rings. The Morgan fingerprint density at radius 3 is 2.55 bits per heavy atom. The fourth-order valence-electron chi connectivity index (χ4n) is 1.42. The normalized spacial score (nSPS) is 13.1. The molecule has 0 aromatic heterocycles. The molecule has 0 aliphatic rings. The lowest BCUT2D eigenvalue weighted by Crippen LogP contribution is -2.18. The van der Waals surface area contributed by atoms with E-state index in [1.807, 2.05) is 0 Å². The van der Waals surface area contributed by atoms with E-state index < -0.39 is 30.6 Å². The van der Waals surface area contributed by atoms with Gasteiger partial charge in [0, 0.05) is 17.7 Å². The molecule has 0 unspecified atom stereocenters. The van der Waals surface area contributed by atoms with Gasteiger partial charge in [0.25, 0.3) is 5.69 Å². The molecule has 9 heteroatoms. The highest BCUT2D eigenvalue weighted by Crippen LogP contribution is 2.29. The second kappa shape index (κ2) is 6.53. The van der Waals surface area contributed by atoms with Crippen LogP contribution in [0, 0.1) is 10.1 Å². The number of ether oxygens (including phenoxy) is 2. The zero-order chi connectivity index (χ0) is 15.3. The Morgan fingerprint density at radius 1 is 1.40 bits per heavy atom. The summed E-state index contributed by atoms with van der Waals surface area (Å²) in [4.78, 5) is 9.95. The molecule has 0 saturated carbocycles. The molecule has 1 atom stereocenters. The Morgan fingerprint density at radius 2 is 2.05 bits per heavy atom. The van der Waals surface area contributed by atoms with Crippen LogP contribution in [0.5, 0.6) is 5.75 Å². The van der Waals surface area contributed by atoms with Crippen molar-refractivity contribution in [2.45, 2.75) is 19.4 Å². The number of halogens is 3. The maximum atomic E-state index is 11.7. The van der Waals surface area contributed by atoms with Crippen LogP contribution in [0.3, 0.4) is 0 Å². The number of rotatable bonds is 6. The van der Waals surface area contributed by atoms with Crippen molar-refractivity contribution in [2.75, 3.05) is 13.2 Å². The van der Waals surface area contributed by atoms with Gasteiger partial charge >= 0.3 is 6.36 Å². The summed E-state index contributed by atoms with van der Waals surface area (Å²) in [7, 11) is 0. The molecular formula is C11H12F3NO5. The third-order valence-corrected chi connectivity index (χ3v) is 2.26. The van der Waals surface area contributed by atoms with E-state index in [0.29, 0.717) is 0 Å². The van der Waals surface area contributed by atoms with E-state index in [1.54, 1.807) is 0 Å². The third kappa shape index (κ3) is 5.02. The summed E-state index contributed by atoms with van der Waals surface area (Å²) in [5.74, 6) is 0.0661. The highest BCUT2D eigenvalue weighted by molar-refractivity contribution is 5.44. The fraction of sp³-hybridized carbons (Fsp3) is 0.455. The van der Waals surface area contributed by atoms with Gasteiger partial charge in [-0.05, 0) is 13.0 Å². The molecule has 20 heavy (non-hydrogen) atoms. The SMILES string of the molecule is C[C@H](O)c1cc([N+](=O)[O-])ccc1OCCOC(F)(F)F. The fourth-order valence-corrected chi connectivity index (χ4v) is 1.42. The molecule has 0 amide bonds. The zero-order valence-corrected chi connectivity index (χ0v) is 10.4. The minimum atomic E-state index is -4.74. The van der Waals surface area contributed by atoms with Crippen LogP contribution >= 0.6 is 0 Å². The molecule has 0 radical (unpaired) electrons. The number of nitro benzene ring substituents is 1. The van der Waals surface area contributed by atoms with Gasteiger partial charge in [0.05, 0.1) is 17.6 Å². The van der Waals surface area contributed by atoms with Crippen LogP contribution in [-0.2, 0) is 4.74 Å². The Kier molecular flexibility index (Phi) is 5.28. The molecule has 0 fully saturated rings. The first-order chi connectivity index (χ1) is 9.20. The highest BCUT2D eigenvalue weighted by atomic mass is 19.4. The van der Waals surface area contributed by atoms with Crippen LogP contribution in [0.2, 0.25) is 0 Å². The highest BCUT2D eigenvalue weighted by Gasteiger charge is 2.28. The largest absolute Gasteiger partial charge is 0.522 e. The second-order valence-corrected chi connectivity index (χ2v) is 3.80. The van der Waals surface area contributed by atoms with Crippen molar-refractivity contribution in [1.29, 1.82) is 0 Å². The van der Waals surface area contributed by atoms with Crippen molar-refractivity contribution in [3.63, 3.8) is 0 Å². The van der Waals surface area contributed by atoms with Crippen molar-refractivity contribution in [1.82, 2.24) is 0 Å². The number of nitrogens with zero attached hydrogens (tertiary/aromatic N) is 1. The van der Waals surface area contributed by atoms with Crippen LogP contribution in [0.1, 0.15) is 18.6 Å². The van der Waals surface area contributed by atoms with E-state index in [1.165, 1.54) is 13.0 Å². The van der Waals surface area contributed by atoms with Gasteiger partial charge in [-0.2, -0.15) is 0 Å². The Bertz CT molecular complexity index is 476. The predicted octanol–water partition coefficient (Wildman–Crippen LogP) is 2.56. The average Bonchev–Trinajstić information content (AvgIpc) is 2.33. The van der Waals surface area contributed by atoms with Crippen molar-refractivity contribution < 1.29 is 32.7 Å². The summed E-state index contributed by atoms with van der Waals surface area (Å²) in [6, 6.07) is 3.45. The van der Waals surface area contributed by atoms with E-state index in [-0.39, 0.29) is 17.0 Å². The summed E-state index contributed by atoms with van der Waals surface area (Å²) in [6.07, 6.45) is -5.81. The van der Waals surface area contributed by atoms with Gasteiger partial charge in [0.2, 0.25) is 0 Å². The summed E-state index contributed by atoms with van der Waals surface area (Å²) < 4.78 is 43.8. The van der Waals surface area contributed by atoms with Crippen LogP contribution in [0.15, 0.2) is 18.2 Å². The monoisotopic (exact) mass is 295 g/mol. The molecule has 0 bridgehead atoms. The number of alkyl halides is 3. The van der Waals surface area contributed by atoms with E-state index >= 15 is 0 Å². The van der Waals surface area contributed by atoms with Gasteiger partial charge in [0.1, 0.15) is 12.4 Å². The van der Waals surface area contributed by atoms with Crippen LogP contribution in [-0.4, -0.2) is 29.6 Å². The predicted molar refractivity (Wildman–Crippen MR) is 61.2 cm³/mol. The quantitative estimate of drug-likeness (QED) is 0.495. The van der Waals surface area contributed by atoms with Gasteiger partial charge in [-0.15, -0.1) is 13.2 Å². The Labute approximate surface area is 111 Å². The van der Waals surface area contributed by atoms with E-state index in [2.05, 4.69) is 4.74 Å². The number of hydrogen-bond acceptors (Lipinski definition) is 5. The van der Waals surface area contributed by atoms with Gasteiger partial charge in [-0.3, -0.25) is 14.9 Å². The maximum Gasteiger partial charge on any atom is 0.522 e. The van der Waals surface area contributed by atoms with Crippen LogP contribution in [0.25, 0.3) is 0 Å². The molecule has 0 spiro atoms. The molecular weight excluding hydrogens is 283 g/mol. The molecule has 6 nitrogen and oxygen atoms in total. The average molecular weight is 295 g/mol. The van der Waals surface area contributed by atoms with Gasteiger partial charge in [0.15, 0.2) is 0 Å². The van der Waals surface area contributed by atoms with Crippen LogP contribution < -0.4 is 4.74 Å². The van der Waals surface area contributed by atoms with Crippen molar-refractivity contribution >= 4 is 5.69 Å². The summed E-state index contributed by atoms with van der Waals surface area (Å²) in [5.41, 5.74) is -0.133. The molecule has 1 N–H and O–H groups in total. The topological polar surface area (TPSA) is 81.8 Å². The van der Waals surface area contributed by atoms with Gasteiger partial charge in [-0.25, -0.2) is 0 Å². The molecule has 1 rings (SSSR count). The number of aliphatic hydroxyl groups is 1. The Hall–Kier alpha value is -1.87. The van der Waals surface area contributed by atoms with Gasteiger partial charge in [-0.1, -0.05) is 0 Å². The number of non-ortho nitro benzene ring substituents is 1. The van der Waals surface area contributed by atoms with Crippen LogP contribution in [0.4, 0.5) is 18.9 Å². The standard InChI is InChI=1S/C11H12F3NO5/c1-7(16)9-6-8(15(17)18)2-3-10(9)19-4-5-20-11(12,13)14/h2-3,6-7,16H,4-5H2,1H3/t7-/m0/s1.